The van der Waals surface area contributed by atoms with Crippen LogP contribution in [0.3, 0.4) is 0 Å². The molecule has 1 unspecified atom stereocenters. The summed E-state index contributed by atoms with van der Waals surface area (Å²) < 4.78 is 26.0. The molecule has 0 radical (unpaired) electrons. The summed E-state index contributed by atoms with van der Waals surface area (Å²) in [6, 6.07) is 0. The molecule has 0 spiro atoms. The molecule has 0 aromatic carbocycles. The van der Waals surface area contributed by atoms with Crippen LogP contribution in [-0.2, 0) is 14.8 Å². The number of carbonyl (C=O) groups is 1. The predicted octanol–water partition coefficient (Wildman–Crippen LogP) is 1.23. The van der Waals surface area contributed by atoms with E-state index in [0.717, 1.165) is 19.4 Å². The molecule has 0 aromatic heterocycles. The molecule has 0 aromatic rings. The first-order chi connectivity index (χ1) is 9.90. The molecule has 6 nitrogen and oxygen atoms in total. The average molecular weight is 320 g/mol. The van der Waals surface area contributed by atoms with Crippen LogP contribution in [0.5, 0.6) is 0 Å². The van der Waals surface area contributed by atoms with Gasteiger partial charge in [0, 0.05) is 26.2 Å². The summed E-state index contributed by atoms with van der Waals surface area (Å²) in [6.07, 6.45) is 3.31. The second kappa shape index (κ2) is 8.70. The van der Waals surface area contributed by atoms with E-state index in [1.807, 2.05) is 11.8 Å². The number of carboxylic acid groups (broad SMARTS) is 1. The lowest BCUT2D eigenvalue weighted by atomic mass is 10.1. The molecule has 1 N–H and O–H groups in total. The molecule has 1 aliphatic heterocycles. The van der Waals surface area contributed by atoms with E-state index in [1.54, 1.807) is 0 Å². The van der Waals surface area contributed by atoms with Crippen molar-refractivity contribution in [2.75, 3.05) is 38.5 Å². The van der Waals surface area contributed by atoms with Gasteiger partial charge in [0.2, 0.25) is 10.0 Å². The number of likely N-dealkylation sites (N-methyl/N-ethyl adjacent to an activating group) is 1. The van der Waals surface area contributed by atoms with E-state index in [-0.39, 0.29) is 11.7 Å². The van der Waals surface area contributed by atoms with Crippen molar-refractivity contribution >= 4 is 16.0 Å². The first-order valence-corrected chi connectivity index (χ1v) is 9.44. The van der Waals surface area contributed by atoms with Crippen molar-refractivity contribution in [3.63, 3.8) is 0 Å². The van der Waals surface area contributed by atoms with Crippen molar-refractivity contribution in [1.82, 2.24) is 9.21 Å². The number of hydrogen-bond acceptors (Lipinski definition) is 4. The molecule has 1 rings (SSSR count). The highest BCUT2D eigenvalue weighted by atomic mass is 32.2. The summed E-state index contributed by atoms with van der Waals surface area (Å²) >= 11 is 0. The normalized spacial score (nSPS) is 20.2. The van der Waals surface area contributed by atoms with Crippen LogP contribution < -0.4 is 0 Å². The topological polar surface area (TPSA) is 77.9 Å². The maximum absolute atomic E-state index is 12.2. The Labute approximate surface area is 128 Å². The van der Waals surface area contributed by atoms with Crippen LogP contribution >= 0.6 is 0 Å². The second-order valence-electron chi connectivity index (χ2n) is 5.64. The molecule has 0 amide bonds. The standard InChI is InChI=1S/C14H28N2O4S/c1-3-5-6-11-21(19,20)16(4-2)10-9-15-8-7-13(12-15)14(17)18/h13H,3-12H2,1-2H3,(H,17,18). The van der Waals surface area contributed by atoms with Gasteiger partial charge < -0.3 is 10.0 Å². The van der Waals surface area contributed by atoms with Gasteiger partial charge in [-0.2, -0.15) is 0 Å². The van der Waals surface area contributed by atoms with E-state index in [0.29, 0.717) is 39.0 Å². The number of aliphatic carboxylic acids is 1. The third-order valence-electron chi connectivity index (χ3n) is 4.04. The summed E-state index contributed by atoms with van der Waals surface area (Å²) in [5.74, 6) is -0.842. The molecule has 124 valence electrons. The van der Waals surface area contributed by atoms with Crippen molar-refractivity contribution in [3.05, 3.63) is 0 Å². The molecule has 0 aliphatic carbocycles. The van der Waals surface area contributed by atoms with Crippen LogP contribution in [0.1, 0.15) is 39.5 Å². The molecule has 1 aliphatic rings. The van der Waals surface area contributed by atoms with E-state index in [2.05, 4.69) is 6.92 Å². The molecular weight excluding hydrogens is 292 g/mol. The second-order valence-corrected chi connectivity index (χ2v) is 7.73. The number of sulfonamides is 1. The van der Waals surface area contributed by atoms with E-state index in [9.17, 15) is 13.2 Å². The van der Waals surface area contributed by atoms with Gasteiger partial charge in [-0.15, -0.1) is 0 Å². The summed E-state index contributed by atoms with van der Waals surface area (Å²) in [4.78, 5) is 13.0. The van der Waals surface area contributed by atoms with Crippen molar-refractivity contribution in [2.24, 2.45) is 5.92 Å². The third-order valence-corrected chi connectivity index (χ3v) is 6.07. The Morgan fingerprint density at radius 1 is 1.33 bits per heavy atom. The van der Waals surface area contributed by atoms with Gasteiger partial charge in [0.25, 0.3) is 0 Å². The number of hydrogen-bond donors (Lipinski definition) is 1. The molecule has 0 bridgehead atoms. The highest BCUT2D eigenvalue weighted by molar-refractivity contribution is 7.89. The molecule has 0 saturated carbocycles. The van der Waals surface area contributed by atoms with Crippen LogP contribution in [0.4, 0.5) is 0 Å². The van der Waals surface area contributed by atoms with Gasteiger partial charge in [0.05, 0.1) is 11.7 Å². The lowest BCUT2D eigenvalue weighted by Crippen LogP contribution is -2.39. The van der Waals surface area contributed by atoms with E-state index >= 15 is 0 Å². The van der Waals surface area contributed by atoms with Crippen LogP contribution in [-0.4, -0.2) is 67.2 Å². The van der Waals surface area contributed by atoms with Gasteiger partial charge in [-0.25, -0.2) is 12.7 Å². The fourth-order valence-corrected chi connectivity index (χ4v) is 4.23. The van der Waals surface area contributed by atoms with Gasteiger partial charge in [0.1, 0.15) is 0 Å². The zero-order valence-corrected chi connectivity index (χ0v) is 13.9. The fourth-order valence-electron chi connectivity index (χ4n) is 2.65. The van der Waals surface area contributed by atoms with Crippen LogP contribution in [0.2, 0.25) is 0 Å². The van der Waals surface area contributed by atoms with Crippen LogP contribution in [0, 0.1) is 5.92 Å². The Morgan fingerprint density at radius 2 is 2.05 bits per heavy atom. The van der Waals surface area contributed by atoms with Crippen molar-refractivity contribution in [2.45, 2.75) is 39.5 Å². The van der Waals surface area contributed by atoms with E-state index < -0.39 is 16.0 Å². The minimum atomic E-state index is -3.18. The molecule has 21 heavy (non-hydrogen) atoms. The quantitative estimate of drug-likeness (QED) is 0.613. The van der Waals surface area contributed by atoms with Gasteiger partial charge >= 0.3 is 5.97 Å². The zero-order valence-electron chi connectivity index (χ0n) is 13.1. The Hall–Kier alpha value is -0.660. The number of unbranched alkanes of at least 4 members (excludes halogenated alkanes) is 2. The maximum atomic E-state index is 12.2. The Morgan fingerprint density at radius 3 is 2.57 bits per heavy atom. The van der Waals surface area contributed by atoms with E-state index in [1.165, 1.54) is 4.31 Å². The lowest BCUT2D eigenvalue weighted by Gasteiger charge is -2.23. The molecule has 7 heteroatoms. The van der Waals surface area contributed by atoms with Gasteiger partial charge in [-0.1, -0.05) is 26.7 Å². The summed E-state index contributed by atoms with van der Waals surface area (Å²) in [7, 11) is -3.18. The zero-order chi connectivity index (χ0) is 15.9. The first-order valence-electron chi connectivity index (χ1n) is 7.83. The summed E-state index contributed by atoms with van der Waals surface area (Å²) in [6.45, 7) is 6.72. The van der Waals surface area contributed by atoms with Crippen molar-refractivity contribution in [1.29, 1.82) is 0 Å². The van der Waals surface area contributed by atoms with Crippen molar-refractivity contribution < 1.29 is 18.3 Å². The van der Waals surface area contributed by atoms with Crippen LogP contribution in [0.25, 0.3) is 0 Å². The molecular formula is C14H28N2O4S. The Kier molecular flexibility index (Phi) is 7.62. The van der Waals surface area contributed by atoms with Gasteiger partial charge in [-0.05, 0) is 19.4 Å². The smallest absolute Gasteiger partial charge is 0.307 e. The minimum Gasteiger partial charge on any atom is -0.481 e. The fraction of sp³-hybridized carbons (Fsp3) is 0.929. The third kappa shape index (κ3) is 5.92. The monoisotopic (exact) mass is 320 g/mol. The number of carboxylic acids is 1. The Balaban J connectivity index is 2.42. The molecule has 1 saturated heterocycles. The average Bonchev–Trinajstić information content (AvgIpc) is 2.88. The lowest BCUT2D eigenvalue weighted by molar-refractivity contribution is -0.141. The highest BCUT2D eigenvalue weighted by Crippen LogP contribution is 2.16. The Bertz CT molecular complexity index is 425. The molecule has 1 atom stereocenters. The highest BCUT2D eigenvalue weighted by Gasteiger charge is 2.28. The SMILES string of the molecule is CCCCCS(=O)(=O)N(CC)CCN1CCC(C(=O)O)C1. The largest absolute Gasteiger partial charge is 0.481 e. The van der Waals surface area contributed by atoms with Gasteiger partial charge in [0.15, 0.2) is 0 Å². The molecule has 1 heterocycles. The number of nitrogens with zero attached hydrogens (tertiary/aromatic N) is 2. The summed E-state index contributed by atoms with van der Waals surface area (Å²) in [5.41, 5.74) is 0. The van der Waals surface area contributed by atoms with Gasteiger partial charge in [-0.3, -0.25) is 4.79 Å². The maximum Gasteiger partial charge on any atom is 0.307 e. The number of likely N-dealkylation sites (tertiary alicyclic amines) is 1. The summed E-state index contributed by atoms with van der Waals surface area (Å²) in [5, 5.41) is 8.97. The number of rotatable bonds is 10. The van der Waals surface area contributed by atoms with Crippen molar-refractivity contribution in [3.8, 4) is 0 Å². The minimum absolute atomic E-state index is 0.215. The molecule has 1 fully saturated rings. The van der Waals surface area contributed by atoms with Crippen LogP contribution in [0.15, 0.2) is 0 Å². The first kappa shape index (κ1) is 18.4. The predicted molar refractivity (Wildman–Crippen MR) is 82.7 cm³/mol. The van der Waals surface area contributed by atoms with E-state index in [4.69, 9.17) is 5.11 Å².